The van der Waals surface area contributed by atoms with Crippen LogP contribution in [0.5, 0.6) is 0 Å². The first-order valence-corrected chi connectivity index (χ1v) is 27.9. The van der Waals surface area contributed by atoms with Crippen molar-refractivity contribution in [1.82, 2.24) is 0 Å². The Balaban J connectivity index is 1.25. The van der Waals surface area contributed by atoms with E-state index in [0.29, 0.717) is 0 Å². The summed E-state index contributed by atoms with van der Waals surface area (Å²) in [7, 11) is 11.7. The highest BCUT2D eigenvalue weighted by molar-refractivity contribution is 7.33. The van der Waals surface area contributed by atoms with Gasteiger partial charge in [-0.3, -0.25) is 0 Å². The summed E-state index contributed by atoms with van der Waals surface area (Å²) in [4.78, 5) is 5.44. The van der Waals surface area contributed by atoms with E-state index in [4.69, 9.17) is 0 Å². The van der Waals surface area contributed by atoms with Crippen molar-refractivity contribution < 1.29 is 0 Å². The smallest absolute Gasteiger partial charge is 0.264 e. The van der Waals surface area contributed by atoms with E-state index in [0.717, 1.165) is 0 Å². The van der Waals surface area contributed by atoms with Crippen LogP contribution < -0.4 is 52.8 Å². The average Bonchev–Trinajstić information content (AvgIpc) is 3.69. The van der Waals surface area contributed by atoms with Crippen LogP contribution in [0.4, 0.5) is 34.1 Å². The quantitative estimate of drug-likeness (QED) is 0.177. The van der Waals surface area contributed by atoms with Gasteiger partial charge < -0.3 is 9.80 Å². The Morgan fingerprint density at radius 2 is 1.01 bits per heavy atom. The van der Waals surface area contributed by atoms with Gasteiger partial charge in [-0.05, 0) is 181 Å². The molecular formula is C62H72B6N2S. The Kier molecular flexibility index (Phi) is 10.1. The minimum absolute atomic E-state index is 0.0198. The molecule has 6 aromatic carbocycles. The summed E-state index contributed by atoms with van der Waals surface area (Å²) < 4.78 is 2.92. The second-order valence-corrected chi connectivity index (χ2v) is 28.3. The molecule has 0 spiro atoms. The first kappa shape index (κ1) is 47.3. The van der Waals surface area contributed by atoms with E-state index < -0.39 is 0 Å². The van der Waals surface area contributed by atoms with E-state index in [1.165, 1.54) is 159 Å². The molecular weight excluding hydrogens is 870 g/mol. The third kappa shape index (κ3) is 6.78. The highest BCUT2D eigenvalue weighted by Gasteiger charge is 2.50. The van der Waals surface area contributed by atoms with Crippen LogP contribution in [-0.2, 0) is 32.5 Å². The Bertz CT molecular complexity index is 3420. The number of hydrogen-bond donors (Lipinski definition) is 0. The Labute approximate surface area is 435 Å². The summed E-state index contributed by atoms with van der Waals surface area (Å²) in [5.74, 6) is 0. The summed E-state index contributed by atoms with van der Waals surface area (Å²) >= 11 is 2.09. The Hall–Kier alpha value is -4.73. The van der Waals surface area contributed by atoms with E-state index >= 15 is 0 Å². The topological polar surface area (TPSA) is 6.48 Å². The van der Waals surface area contributed by atoms with Crippen LogP contribution in [0.2, 0.25) is 0 Å². The van der Waals surface area contributed by atoms with Gasteiger partial charge in [-0.1, -0.05) is 124 Å². The van der Waals surface area contributed by atoms with Crippen molar-refractivity contribution >= 4 is 145 Å². The van der Waals surface area contributed by atoms with Crippen molar-refractivity contribution in [2.24, 2.45) is 0 Å². The van der Waals surface area contributed by atoms with Gasteiger partial charge in [0.1, 0.15) is 39.2 Å². The Morgan fingerprint density at radius 3 is 1.61 bits per heavy atom. The zero-order valence-electron chi connectivity index (χ0n) is 46.2. The number of thiophene rings is 1. The van der Waals surface area contributed by atoms with Crippen molar-refractivity contribution in [3.05, 3.63) is 118 Å². The standard InChI is InChI=1S/C62H72B6N2S/c1-57(2,3)34-13-16-36(17-14-34)69-44-20-15-35(58(4,5)6)29-43(44)68-54-45(69)27-33(48-49(63)51(65)53(67)52(66)50(48)64)28-46(54)70(37-18-19-39-40(30-37)60(9,10)22-21-59(39,7)8)55-38-31-41-42(32-47(38)71-56(55)68)62(12)25-23-61(41,11)24-26-62/h13-20,27-32H,21-26,63-67H2,1-12H3. The number of fused-ring (bicyclic) bond motifs is 9. The molecule has 7 aromatic rings. The fourth-order valence-electron chi connectivity index (χ4n) is 14.3. The predicted octanol–water partition coefficient (Wildman–Crippen LogP) is 6.99. The SMILES string of the molecule is Bc1c(B)c(B)c(-c2cc3c4c(c2)N(c2ccc5c(c2)C(C)(C)CCC5(C)C)c2c(sc5cc6c(cc25)C2(C)CCC6(C)CC2)B4c2cc(C(C)(C)C)ccc2N3c2ccc(C(C)(C)C)cc2)c(B)c1B. The molecule has 2 bridgehead atoms. The lowest BCUT2D eigenvalue weighted by atomic mass is 9.36. The molecule has 0 atom stereocenters. The zero-order valence-corrected chi connectivity index (χ0v) is 47.0. The van der Waals surface area contributed by atoms with Gasteiger partial charge in [0.05, 0.1) is 5.69 Å². The van der Waals surface area contributed by atoms with Crippen LogP contribution in [0, 0.1) is 0 Å². The summed E-state index contributed by atoms with van der Waals surface area (Å²) in [6.07, 6.45) is 7.50. The largest absolute Gasteiger partial charge is 0.311 e. The van der Waals surface area contributed by atoms with Gasteiger partial charge in [0.15, 0.2) is 0 Å². The van der Waals surface area contributed by atoms with E-state index in [9.17, 15) is 0 Å². The minimum Gasteiger partial charge on any atom is -0.311 e. The van der Waals surface area contributed by atoms with Crippen LogP contribution in [0.25, 0.3) is 21.2 Å². The van der Waals surface area contributed by atoms with E-state index in [2.05, 4.69) is 228 Å². The lowest BCUT2D eigenvalue weighted by Crippen LogP contribution is -2.60. The molecule has 0 amide bonds. The van der Waals surface area contributed by atoms with Gasteiger partial charge in [-0.15, -0.1) is 27.7 Å². The van der Waals surface area contributed by atoms with Gasteiger partial charge in [0.2, 0.25) is 0 Å². The lowest BCUT2D eigenvalue weighted by molar-refractivity contribution is 0.188. The minimum atomic E-state index is -0.0198. The maximum atomic E-state index is 2.79. The number of anilines is 6. The molecule has 6 aliphatic rings. The third-order valence-electron chi connectivity index (χ3n) is 19.8. The first-order valence-electron chi connectivity index (χ1n) is 27.1. The lowest BCUT2D eigenvalue weighted by Gasteiger charge is -2.52. The third-order valence-corrected chi connectivity index (χ3v) is 21.0. The predicted molar refractivity (Wildman–Crippen MR) is 328 cm³/mol. The summed E-state index contributed by atoms with van der Waals surface area (Å²) in [6.45, 7) is 29.3. The van der Waals surface area contributed by atoms with Crippen LogP contribution in [0.15, 0.2) is 84.9 Å². The molecule has 0 saturated heterocycles. The number of rotatable bonds is 3. The van der Waals surface area contributed by atoms with E-state index in [1.54, 1.807) is 11.1 Å². The maximum Gasteiger partial charge on any atom is 0.264 e. The molecule has 13 rings (SSSR count). The van der Waals surface area contributed by atoms with Gasteiger partial charge >= 0.3 is 0 Å². The van der Waals surface area contributed by atoms with Crippen molar-refractivity contribution in [3.63, 3.8) is 0 Å². The average molecular weight is 942 g/mol. The van der Waals surface area contributed by atoms with Crippen LogP contribution in [0.1, 0.15) is 155 Å². The molecule has 354 valence electrons. The second kappa shape index (κ2) is 15.2. The van der Waals surface area contributed by atoms with Gasteiger partial charge in [0, 0.05) is 43.3 Å². The summed E-state index contributed by atoms with van der Waals surface area (Å²) in [6, 6.07) is 35.4. The number of benzene rings is 6. The molecule has 1 aromatic heterocycles. The number of nitrogens with zero attached hydrogens (tertiary/aromatic N) is 2. The summed E-state index contributed by atoms with van der Waals surface area (Å²) in [5, 5.41) is 1.43. The second-order valence-electron chi connectivity index (χ2n) is 27.2. The van der Waals surface area contributed by atoms with Crippen LogP contribution in [0.3, 0.4) is 0 Å². The summed E-state index contributed by atoms with van der Waals surface area (Å²) in [5.41, 5.74) is 29.9. The van der Waals surface area contributed by atoms with Crippen LogP contribution in [-0.4, -0.2) is 45.9 Å². The number of hydrogen-bond acceptors (Lipinski definition) is 3. The van der Waals surface area contributed by atoms with E-state index in [1.807, 2.05) is 0 Å². The molecule has 1 fully saturated rings. The zero-order chi connectivity index (χ0) is 50.4. The van der Waals surface area contributed by atoms with Crippen molar-refractivity contribution in [1.29, 1.82) is 0 Å². The molecule has 0 radical (unpaired) electrons. The molecule has 4 aliphatic carbocycles. The molecule has 71 heavy (non-hydrogen) atoms. The molecule has 1 saturated carbocycles. The van der Waals surface area contributed by atoms with Crippen molar-refractivity contribution in [2.75, 3.05) is 9.80 Å². The Morgan fingerprint density at radius 1 is 0.493 bits per heavy atom. The monoisotopic (exact) mass is 943 g/mol. The highest BCUT2D eigenvalue weighted by Crippen LogP contribution is 2.59. The molecule has 2 aliphatic heterocycles. The van der Waals surface area contributed by atoms with Crippen molar-refractivity contribution in [2.45, 2.75) is 154 Å². The first-order chi connectivity index (χ1) is 33.2. The molecule has 9 heteroatoms. The highest BCUT2D eigenvalue weighted by atomic mass is 32.1. The van der Waals surface area contributed by atoms with Gasteiger partial charge in [-0.2, -0.15) is 0 Å². The fraction of sp³-hybridized carbons (Fsp3) is 0.387. The molecule has 3 heterocycles. The van der Waals surface area contributed by atoms with Gasteiger partial charge in [0.25, 0.3) is 6.71 Å². The van der Waals surface area contributed by atoms with Crippen LogP contribution >= 0.6 is 11.3 Å². The van der Waals surface area contributed by atoms with E-state index in [-0.39, 0.29) is 39.2 Å². The molecule has 0 unspecified atom stereocenters. The molecule has 0 N–H and O–H groups in total. The fourth-order valence-corrected chi connectivity index (χ4v) is 15.7. The van der Waals surface area contributed by atoms with Gasteiger partial charge in [-0.25, -0.2) is 0 Å². The normalized spacial score (nSPS) is 21.4. The van der Waals surface area contributed by atoms with Crippen molar-refractivity contribution in [3.8, 4) is 11.1 Å². The molecule has 2 nitrogen and oxygen atoms in total. The maximum absolute atomic E-state index is 2.79.